The minimum absolute atomic E-state index is 0.0578. The number of quaternary nitrogens is 1. The van der Waals surface area contributed by atoms with E-state index in [-0.39, 0.29) is 6.54 Å². The molecule has 112 valence electrons. The summed E-state index contributed by atoms with van der Waals surface area (Å²) in [5.41, 5.74) is 0.968. The Hall–Kier alpha value is -1.79. The SMILES string of the molecule is COCC[NH+](CC(=O)[O-])Cc1ccc(OC)c(OC)c1. The Morgan fingerprint density at radius 1 is 1.20 bits per heavy atom. The van der Waals surface area contributed by atoms with Gasteiger partial charge >= 0.3 is 0 Å². The molecule has 0 radical (unpaired) electrons. The van der Waals surface area contributed by atoms with Crippen LogP contribution >= 0.6 is 0 Å². The first-order valence-corrected chi connectivity index (χ1v) is 6.34. The first-order chi connectivity index (χ1) is 9.60. The van der Waals surface area contributed by atoms with E-state index in [2.05, 4.69) is 0 Å². The van der Waals surface area contributed by atoms with Crippen LogP contribution in [-0.2, 0) is 16.1 Å². The summed E-state index contributed by atoms with van der Waals surface area (Å²) in [5.74, 6) is 0.204. The van der Waals surface area contributed by atoms with Crippen molar-refractivity contribution < 1.29 is 29.0 Å². The van der Waals surface area contributed by atoms with Crippen molar-refractivity contribution in [1.29, 1.82) is 0 Å². The molecular weight excluding hydrogens is 262 g/mol. The molecule has 1 atom stereocenters. The minimum Gasteiger partial charge on any atom is -0.544 e. The number of benzene rings is 1. The van der Waals surface area contributed by atoms with Gasteiger partial charge in [0.05, 0.1) is 26.8 Å². The summed E-state index contributed by atoms with van der Waals surface area (Å²) in [6.07, 6.45) is 0. The lowest BCUT2D eigenvalue weighted by Gasteiger charge is -2.20. The van der Waals surface area contributed by atoms with E-state index in [1.165, 1.54) is 0 Å². The third-order valence-electron chi connectivity index (χ3n) is 2.96. The van der Waals surface area contributed by atoms with Gasteiger partial charge in [0.15, 0.2) is 11.5 Å². The number of aliphatic carboxylic acids is 1. The van der Waals surface area contributed by atoms with Crippen LogP contribution in [-0.4, -0.2) is 47.0 Å². The molecule has 0 saturated heterocycles. The molecule has 0 fully saturated rings. The van der Waals surface area contributed by atoms with Crippen molar-refractivity contribution in [2.75, 3.05) is 41.0 Å². The zero-order valence-electron chi connectivity index (χ0n) is 12.1. The molecule has 0 aliphatic carbocycles. The second-order valence-corrected chi connectivity index (χ2v) is 4.41. The molecule has 0 aromatic heterocycles. The first-order valence-electron chi connectivity index (χ1n) is 6.34. The highest BCUT2D eigenvalue weighted by Gasteiger charge is 2.12. The van der Waals surface area contributed by atoms with Crippen LogP contribution < -0.4 is 19.5 Å². The number of rotatable bonds is 9. The van der Waals surface area contributed by atoms with Gasteiger partial charge in [0, 0.05) is 12.7 Å². The molecule has 0 aliphatic rings. The van der Waals surface area contributed by atoms with Crippen LogP contribution in [0.5, 0.6) is 11.5 Å². The summed E-state index contributed by atoms with van der Waals surface area (Å²) in [5, 5.41) is 10.8. The molecule has 1 N–H and O–H groups in total. The molecule has 0 bridgehead atoms. The zero-order chi connectivity index (χ0) is 15.0. The van der Waals surface area contributed by atoms with E-state index in [0.29, 0.717) is 31.2 Å². The first kappa shape index (κ1) is 16.3. The second-order valence-electron chi connectivity index (χ2n) is 4.41. The van der Waals surface area contributed by atoms with Gasteiger partial charge in [-0.3, -0.25) is 0 Å². The third kappa shape index (κ3) is 5.07. The number of carboxylic acid groups (broad SMARTS) is 1. The van der Waals surface area contributed by atoms with Gasteiger partial charge in [0.1, 0.15) is 19.6 Å². The Kier molecular flexibility index (Phi) is 6.83. The van der Waals surface area contributed by atoms with Crippen molar-refractivity contribution in [3.63, 3.8) is 0 Å². The molecule has 6 nitrogen and oxygen atoms in total. The summed E-state index contributed by atoms with van der Waals surface area (Å²) >= 11 is 0. The van der Waals surface area contributed by atoms with Crippen molar-refractivity contribution in [3.8, 4) is 11.5 Å². The van der Waals surface area contributed by atoms with Crippen LogP contribution in [0.1, 0.15) is 5.56 Å². The minimum atomic E-state index is -1.07. The van der Waals surface area contributed by atoms with Gasteiger partial charge in [-0.2, -0.15) is 0 Å². The van der Waals surface area contributed by atoms with Crippen LogP contribution in [0.4, 0.5) is 0 Å². The maximum atomic E-state index is 10.8. The normalized spacial score (nSPS) is 11.9. The molecule has 6 heteroatoms. The van der Waals surface area contributed by atoms with Gasteiger partial charge in [-0.05, 0) is 18.2 Å². The van der Waals surface area contributed by atoms with E-state index in [4.69, 9.17) is 14.2 Å². The molecule has 1 unspecified atom stereocenters. The van der Waals surface area contributed by atoms with Crippen LogP contribution in [0, 0.1) is 0 Å². The summed E-state index contributed by atoms with van der Waals surface area (Å²) in [6.45, 7) is 1.59. The van der Waals surface area contributed by atoms with Gasteiger partial charge in [0.2, 0.25) is 0 Å². The zero-order valence-corrected chi connectivity index (χ0v) is 12.1. The monoisotopic (exact) mass is 283 g/mol. The van der Waals surface area contributed by atoms with E-state index in [1.54, 1.807) is 27.4 Å². The summed E-state index contributed by atoms with van der Waals surface area (Å²) in [4.78, 5) is 11.6. The molecule has 20 heavy (non-hydrogen) atoms. The maximum absolute atomic E-state index is 10.8. The van der Waals surface area contributed by atoms with E-state index in [9.17, 15) is 9.90 Å². The highest BCUT2D eigenvalue weighted by Crippen LogP contribution is 2.27. The topological polar surface area (TPSA) is 72.3 Å². The third-order valence-corrected chi connectivity index (χ3v) is 2.96. The molecule has 1 aromatic rings. The van der Waals surface area contributed by atoms with Crippen LogP contribution in [0.25, 0.3) is 0 Å². The highest BCUT2D eigenvalue weighted by atomic mass is 16.5. The molecule has 0 aliphatic heterocycles. The number of carboxylic acids is 1. The number of ether oxygens (including phenoxy) is 3. The fourth-order valence-electron chi connectivity index (χ4n) is 1.97. The Balaban J connectivity index is 2.78. The number of nitrogens with one attached hydrogen (secondary N) is 1. The summed E-state index contributed by atoms with van der Waals surface area (Å²) < 4.78 is 15.4. The van der Waals surface area contributed by atoms with E-state index < -0.39 is 5.97 Å². The summed E-state index contributed by atoms with van der Waals surface area (Å²) in [6, 6.07) is 5.55. The number of hydrogen-bond acceptors (Lipinski definition) is 5. The van der Waals surface area contributed by atoms with Crippen molar-refractivity contribution >= 4 is 5.97 Å². The number of hydrogen-bond donors (Lipinski definition) is 1. The number of carbonyl (C=O) groups is 1. The lowest BCUT2D eigenvalue weighted by atomic mass is 10.2. The van der Waals surface area contributed by atoms with Gasteiger partial charge < -0.3 is 29.0 Å². The van der Waals surface area contributed by atoms with Crippen molar-refractivity contribution in [2.45, 2.75) is 6.54 Å². The maximum Gasteiger partial charge on any atom is 0.161 e. The predicted octanol–water partition coefficient (Wildman–Crippen LogP) is -1.51. The average molecular weight is 283 g/mol. The lowest BCUT2D eigenvalue weighted by Crippen LogP contribution is -3.12. The highest BCUT2D eigenvalue weighted by molar-refractivity contribution is 5.65. The van der Waals surface area contributed by atoms with Crippen molar-refractivity contribution in [2.24, 2.45) is 0 Å². The van der Waals surface area contributed by atoms with E-state index in [0.717, 1.165) is 10.5 Å². The fraction of sp³-hybridized carbons (Fsp3) is 0.500. The van der Waals surface area contributed by atoms with Gasteiger partial charge in [-0.15, -0.1) is 0 Å². The Bertz CT molecular complexity index is 436. The van der Waals surface area contributed by atoms with E-state index in [1.807, 2.05) is 12.1 Å². The average Bonchev–Trinajstić information content (AvgIpc) is 2.44. The smallest absolute Gasteiger partial charge is 0.161 e. The molecule has 0 spiro atoms. The largest absolute Gasteiger partial charge is 0.544 e. The van der Waals surface area contributed by atoms with E-state index >= 15 is 0 Å². The molecule has 0 amide bonds. The van der Waals surface area contributed by atoms with Gasteiger partial charge in [-0.1, -0.05) is 0 Å². The lowest BCUT2D eigenvalue weighted by molar-refractivity contribution is -0.908. The molecule has 0 heterocycles. The summed E-state index contributed by atoms with van der Waals surface area (Å²) in [7, 11) is 4.73. The second kappa shape index (κ2) is 8.39. The van der Waals surface area contributed by atoms with Crippen molar-refractivity contribution in [3.05, 3.63) is 23.8 Å². The number of methoxy groups -OCH3 is 3. The molecule has 1 aromatic carbocycles. The molecule has 0 saturated carbocycles. The molecular formula is C14H21NO5. The van der Waals surface area contributed by atoms with Gasteiger partial charge in [0.25, 0.3) is 0 Å². The Morgan fingerprint density at radius 2 is 1.90 bits per heavy atom. The standard InChI is InChI=1S/C14H21NO5/c1-18-7-6-15(10-14(16)17)9-11-4-5-12(19-2)13(8-11)20-3/h4-5,8H,6-7,9-10H2,1-3H3,(H,16,17). The van der Waals surface area contributed by atoms with Crippen molar-refractivity contribution in [1.82, 2.24) is 0 Å². The van der Waals surface area contributed by atoms with Crippen LogP contribution in [0.15, 0.2) is 18.2 Å². The number of carbonyl (C=O) groups excluding carboxylic acids is 1. The fourth-order valence-corrected chi connectivity index (χ4v) is 1.97. The van der Waals surface area contributed by atoms with Crippen LogP contribution in [0.3, 0.4) is 0 Å². The Labute approximate surface area is 118 Å². The Morgan fingerprint density at radius 3 is 2.45 bits per heavy atom. The van der Waals surface area contributed by atoms with Crippen LogP contribution in [0.2, 0.25) is 0 Å². The van der Waals surface area contributed by atoms with Gasteiger partial charge in [-0.25, -0.2) is 0 Å². The predicted molar refractivity (Wildman–Crippen MR) is 70.8 cm³/mol. The quantitative estimate of drug-likeness (QED) is 0.596. The molecule has 1 rings (SSSR count).